The van der Waals surface area contributed by atoms with Crippen molar-refractivity contribution in [3.05, 3.63) is 35.4 Å². The van der Waals surface area contributed by atoms with Crippen LogP contribution in [0.2, 0.25) is 0 Å². The average Bonchev–Trinajstić information content (AvgIpc) is 2.20. The lowest BCUT2D eigenvalue weighted by atomic mass is 10.0. The number of hydrogen-bond donors (Lipinski definition) is 3. The Morgan fingerprint density at radius 2 is 1.88 bits per heavy atom. The summed E-state index contributed by atoms with van der Waals surface area (Å²) in [6, 6.07) is 2.58. The molecule has 0 bridgehead atoms. The summed E-state index contributed by atoms with van der Waals surface area (Å²) in [7, 11) is 0. The molecule has 0 saturated carbocycles. The molecule has 0 aliphatic carbocycles. The van der Waals surface area contributed by atoms with Gasteiger partial charge in [0.1, 0.15) is 6.10 Å². The molecule has 0 spiro atoms. The zero-order chi connectivity index (χ0) is 12.3. The first kappa shape index (κ1) is 12.5. The lowest BCUT2D eigenvalue weighted by Crippen LogP contribution is -2.21. The van der Waals surface area contributed by atoms with E-state index in [1.54, 1.807) is 0 Å². The normalized spacial score (nSPS) is 14.5. The van der Waals surface area contributed by atoms with Gasteiger partial charge in [0, 0.05) is 0 Å². The average molecular weight is 232 g/mol. The van der Waals surface area contributed by atoms with Gasteiger partial charge in [-0.05, 0) is 17.7 Å². The number of aliphatic carboxylic acids is 1. The highest BCUT2D eigenvalue weighted by atomic mass is 19.2. The highest BCUT2D eigenvalue weighted by Gasteiger charge is 2.22. The van der Waals surface area contributed by atoms with E-state index in [1.807, 2.05) is 0 Å². The van der Waals surface area contributed by atoms with E-state index >= 15 is 0 Å². The zero-order valence-electron chi connectivity index (χ0n) is 8.10. The monoisotopic (exact) mass is 232 g/mol. The Labute approximate surface area is 89.8 Å². The summed E-state index contributed by atoms with van der Waals surface area (Å²) in [5.74, 6) is -3.54. The maximum Gasteiger partial charge on any atom is 0.306 e. The molecule has 16 heavy (non-hydrogen) atoms. The van der Waals surface area contributed by atoms with Crippen LogP contribution in [0.1, 0.15) is 18.1 Å². The van der Waals surface area contributed by atoms with E-state index in [9.17, 15) is 23.8 Å². The van der Waals surface area contributed by atoms with E-state index in [0.717, 1.165) is 12.1 Å². The summed E-state index contributed by atoms with van der Waals surface area (Å²) in [5, 5.41) is 27.1. The molecule has 0 saturated heterocycles. The van der Waals surface area contributed by atoms with Crippen LogP contribution in [0.5, 0.6) is 0 Å². The third-order valence-corrected chi connectivity index (χ3v) is 2.03. The van der Waals surface area contributed by atoms with Gasteiger partial charge >= 0.3 is 5.97 Å². The Morgan fingerprint density at radius 1 is 1.25 bits per heavy atom. The predicted octanol–water partition coefficient (Wildman–Crippen LogP) is 0.834. The number of carboxylic acid groups (broad SMARTS) is 1. The second-order valence-corrected chi connectivity index (χ2v) is 3.28. The summed E-state index contributed by atoms with van der Waals surface area (Å²) in [6.07, 6.45) is -3.81. The highest BCUT2D eigenvalue weighted by Crippen LogP contribution is 2.20. The molecule has 2 unspecified atom stereocenters. The number of benzene rings is 1. The second-order valence-electron chi connectivity index (χ2n) is 3.28. The van der Waals surface area contributed by atoms with E-state index in [4.69, 9.17) is 5.11 Å². The van der Waals surface area contributed by atoms with E-state index in [0.29, 0.717) is 6.07 Å². The Morgan fingerprint density at radius 3 is 2.38 bits per heavy atom. The molecule has 4 nitrogen and oxygen atoms in total. The standard InChI is InChI=1S/C10H10F2O4/c11-6-2-1-5(3-7(6)12)10(16)8(13)4-9(14)15/h1-3,8,10,13,16H,4H2,(H,14,15). The maximum absolute atomic E-state index is 12.8. The van der Waals surface area contributed by atoms with Crippen molar-refractivity contribution < 1.29 is 28.9 Å². The largest absolute Gasteiger partial charge is 0.481 e. The number of aliphatic hydroxyl groups excluding tert-OH is 2. The fourth-order valence-electron chi connectivity index (χ4n) is 1.21. The summed E-state index contributed by atoms with van der Waals surface area (Å²) in [6.45, 7) is 0. The smallest absolute Gasteiger partial charge is 0.306 e. The van der Waals surface area contributed by atoms with Crippen LogP contribution in [0.4, 0.5) is 8.78 Å². The van der Waals surface area contributed by atoms with E-state index in [2.05, 4.69) is 0 Å². The molecule has 0 heterocycles. The van der Waals surface area contributed by atoms with Crippen LogP contribution in [0, 0.1) is 11.6 Å². The van der Waals surface area contributed by atoms with Gasteiger partial charge in [-0.15, -0.1) is 0 Å². The molecule has 1 aromatic carbocycles. The molecular formula is C10H10F2O4. The van der Waals surface area contributed by atoms with Gasteiger partial charge in [-0.3, -0.25) is 4.79 Å². The maximum atomic E-state index is 12.8. The van der Waals surface area contributed by atoms with Crippen molar-refractivity contribution in [3.8, 4) is 0 Å². The van der Waals surface area contributed by atoms with Crippen LogP contribution in [0.15, 0.2) is 18.2 Å². The van der Waals surface area contributed by atoms with Gasteiger partial charge < -0.3 is 15.3 Å². The van der Waals surface area contributed by atoms with E-state index < -0.39 is 36.2 Å². The fourth-order valence-corrected chi connectivity index (χ4v) is 1.21. The van der Waals surface area contributed by atoms with Crippen molar-refractivity contribution in [1.29, 1.82) is 0 Å². The Bertz CT molecular complexity index is 394. The number of rotatable bonds is 4. The van der Waals surface area contributed by atoms with Gasteiger partial charge in [0.15, 0.2) is 11.6 Å². The molecule has 3 N–H and O–H groups in total. The van der Waals surface area contributed by atoms with E-state index in [-0.39, 0.29) is 5.56 Å². The molecule has 0 aliphatic heterocycles. The number of hydrogen-bond acceptors (Lipinski definition) is 3. The second kappa shape index (κ2) is 5.00. The summed E-state index contributed by atoms with van der Waals surface area (Å²) in [4.78, 5) is 10.3. The lowest BCUT2D eigenvalue weighted by Gasteiger charge is -2.16. The van der Waals surface area contributed by atoms with Gasteiger partial charge in [0.25, 0.3) is 0 Å². The molecular weight excluding hydrogens is 222 g/mol. The van der Waals surface area contributed by atoms with Gasteiger partial charge in [-0.1, -0.05) is 6.07 Å². The minimum absolute atomic E-state index is 0.0762. The molecule has 6 heteroatoms. The molecule has 88 valence electrons. The van der Waals surface area contributed by atoms with Crippen LogP contribution in [0.25, 0.3) is 0 Å². The summed E-state index contributed by atoms with van der Waals surface area (Å²) < 4.78 is 25.3. The number of aliphatic hydroxyl groups is 2. The van der Waals surface area contributed by atoms with Gasteiger partial charge in [0.05, 0.1) is 12.5 Å². The molecule has 1 aromatic rings. The first-order valence-corrected chi connectivity index (χ1v) is 4.44. The van der Waals surface area contributed by atoms with Crippen molar-refractivity contribution in [3.63, 3.8) is 0 Å². The van der Waals surface area contributed by atoms with Crippen LogP contribution in [0.3, 0.4) is 0 Å². The minimum Gasteiger partial charge on any atom is -0.481 e. The predicted molar refractivity (Wildman–Crippen MR) is 49.6 cm³/mol. The van der Waals surface area contributed by atoms with Crippen molar-refractivity contribution in [2.24, 2.45) is 0 Å². The van der Waals surface area contributed by atoms with Crippen LogP contribution < -0.4 is 0 Å². The zero-order valence-corrected chi connectivity index (χ0v) is 8.10. The SMILES string of the molecule is O=C(O)CC(O)C(O)c1ccc(F)c(F)c1. The fraction of sp³-hybridized carbons (Fsp3) is 0.300. The number of carbonyl (C=O) groups is 1. The minimum atomic E-state index is -1.57. The third-order valence-electron chi connectivity index (χ3n) is 2.03. The Hall–Kier alpha value is -1.53. The molecule has 0 radical (unpaired) electrons. The topological polar surface area (TPSA) is 77.8 Å². The summed E-state index contributed by atoms with van der Waals surface area (Å²) in [5.41, 5.74) is -0.0762. The molecule has 0 fully saturated rings. The van der Waals surface area contributed by atoms with Crippen LogP contribution >= 0.6 is 0 Å². The molecule has 2 atom stereocenters. The van der Waals surface area contributed by atoms with Crippen molar-refractivity contribution in [2.75, 3.05) is 0 Å². The van der Waals surface area contributed by atoms with Crippen molar-refractivity contribution in [2.45, 2.75) is 18.6 Å². The first-order valence-electron chi connectivity index (χ1n) is 4.44. The Kier molecular flexibility index (Phi) is 3.92. The van der Waals surface area contributed by atoms with Gasteiger partial charge in [0.2, 0.25) is 0 Å². The molecule has 0 amide bonds. The summed E-state index contributed by atoms with van der Waals surface area (Å²) >= 11 is 0. The molecule has 0 aliphatic rings. The van der Waals surface area contributed by atoms with Crippen molar-refractivity contribution in [1.82, 2.24) is 0 Å². The number of halogens is 2. The van der Waals surface area contributed by atoms with E-state index in [1.165, 1.54) is 0 Å². The van der Waals surface area contributed by atoms with Gasteiger partial charge in [-0.2, -0.15) is 0 Å². The Balaban J connectivity index is 2.83. The molecule has 0 aromatic heterocycles. The molecule has 1 rings (SSSR count). The van der Waals surface area contributed by atoms with Gasteiger partial charge in [-0.25, -0.2) is 8.78 Å². The lowest BCUT2D eigenvalue weighted by molar-refractivity contribution is -0.141. The van der Waals surface area contributed by atoms with Crippen LogP contribution in [-0.4, -0.2) is 27.4 Å². The highest BCUT2D eigenvalue weighted by molar-refractivity contribution is 5.67. The quantitative estimate of drug-likeness (QED) is 0.718. The first-order chi connectivity index (χ1) is 7.41. The van der Waals surface area contributed by atoms with Crippen molar-refractivity contribution >= 4 is 5.97 Å². The number of carboxylic acids is 1. The van der Waals surface area contributed by atoms with Crippen LogP contribution in [-0.2, 0) is 4.79 Å². The third kappa shape index (κ3) is 2.98.